The highest BCUT2D eigenvalue weighted by atomic mass is 16.6. The number of aromatic nitrogens is 2. The van der Waals surface area contributed by atoms with E-state index in [4.69, 9.17) is 10.5 Å². The fraction of sp³-hybridized carbons (Fsp3) is 0.750. The molecule has 1 aromatic heterocycles. The molecule has 0 saturated carbocycles. The Bertz CT molecular complexity index is 488. The van der Waals surface area contributed by atoms with E-state index in [1.54, 1.807) is 11.6 Å². The molecule has 0 radical (unpaired) electrons. The molecule has 0 aromatic carbocycles. The van der Waals surface area contributed by atoms with Crippen LogP contribution in [0.4, 0.5) is 11.5 Å². The first-order valence-electron chi connectivity index (χ1n) is 6.86. The summed E-state index contributed by atoms with van der Waals surface area (Å²) in [6.45, 7) is 6.47. The molecule has 8 heteroatoms. The number of ether oxygens (including phenoxy) is 1. The van der Waals surface area contributed by atoms with Gasteiger partial charge in [0.15, 0.2) is 0 Å². The summed E-state index contributed by atoms with van der Waals surface area (Å²) < 4.78 is 7.25. The van der Waals surface area contributed by atoms with E-state index >= 15 is 0 Å². The predicted molar refractivity (Wildman–Crippen MR) is 74.9 cm³/mol. The molecular formula is C12H21N5O3. The van der Waals surface area contributed by atoms with Gasteiger partial charge in [0.05, 0.1) is 17.6 Å². The average Bonchev–Trinajstić information content (AvgIpc) is 2.76. The first-order valence-corrected chi connectivity index (χ1v) is 6.86. The van der Waals surface area contributed by atoms with E-state index in [0.717, 1.165) is 6.42 Å². The van der Waals surface area contributed by atoms with E-state index in [-0.39, 0.29) is 16.7 Å². The van der Waals surface area contributed by atoms with Gasteiger partial charge < -0.3 is 15.4 Å². The van der Waals surface area contributed by atoms with Crippen molar-refractivity contribution >= 4 is 11.5 Å². The summed E-state index contributed by atoms with van der Waals surface area (Å²) in [5.41, 5.74) is 6.18. The number of nitro groups is 1. The molecule has 1 aliphatic heterocycles. The number of nitrogens with two attached hydrogens (primary N) is 1. The number of hydrogen-bond donors (Lipinski definition) is 1. The van der Waals surface area contributed by atoms with Crippen LogP contribution in [0.15, 0.2) is 0 Å². The molecule has 0 amide bonds. The van der Waals surface area contributed by atoms with Crippen LogP contribution in [0, 0.1) is 17.0 Å². The van der Waals surface area contributed by atoms with Crippen molar-refractivity contribution in [3.63, 3.8) is 0 Å². The van der Waals surface area contributed by atoms with Gasteiger partial charge in [-0.15, -0.1) is 0 Å². The van der Waals surface area contributed by atoms with Crippen LogP contribution in [0.25, 0.3) is 0 Å². The van der Waals surface area contributed by atoms with E-state index in [2.05, 4.69) is 5.10 Å². The van der Waals surface area contributed by atoms with Crippen molar-refractivity contribution in [2.24, 2.45) is 5.73 Å². The number of rotatable bonds is 5. The van der Waals surface area contributed by atoms with Crippen LogP contribution in [0.3, 0.4) is 0 Å². The maximum atomic E-state index is 11.3. The van der Waals surface area contributed by atoms with Gasteiger partial charge in [-0.1, -0.05) is 6.92 Å². The lowest BCUT2D eigenvalue weighted by atomic mass is 10.2. The summed E-state index contributed by atoms with van der Waals surface area (Å²) in [6, 6.07) is 0. The Labute approximate surface area is 117 Å². The van der Waals surface area contributed by atoms with Crippen molar-refractivity contribution < 1.29 is 9.66 Å². The molecule has 0 spiro atoms. The van der Waals surface area contributed by atoms with Crippen LogP contribution < -0.4 is 10.6 Å². The number of hydrogen-bond acceptors (Lipinski definition) is 6. The lowest BCUT2D eigenvalue weighted by Gasteiger charge is -2.33. The number of nitrogens with zero attached hydrogens (tertiary/aromatic N) is 4. The Morgan fingerprint density at radius 1 is 1.60 bits per heavy atom. The molecule has 0 bridgehead atoms. The minimum absolute atomic E-state index is 0.0892. The maximum Gasteiger partial charge on any atom is 0.333 e. The number of morpholine rings is 1. The monoisotopic (exact) mass is 283 g/mol. The highest BCUT2D eigenvalue weighted by Gasteiger charge is 2.32. The van der Waals surface area contributed by atoms with Gasteiger partial charge in [0.1, 0.15) is 5.69 Å². The molecule has 1 aromatic rings. The number of aryl methyl sites for hydroxylation is 2. The fourth-order valence-corrected chi connectivity index (χ4v) is 2.51. The van der Waals surface area contributed by atoms with Gasteiger partial charge >= 0.3 is 5.69 Å². The Morgan fingerprint density at radius 3 is 2.95 bits per heavy atom. The van der Waals surface area contributed by atoms with Gasteiger partial charge in [-0.25, -0.2) is 4.68 Å². The minimum atomic E-state index is -0.350. The van der Waals surface area contributed by atoms with Crippen LogP contribution >= 0.6 is 0 Å². The predicted octanol–water partition coefficient (Wildman–Crippen LogP) is 0.674. The zero-order chi connectivity index (χ0) is 14.7. The van der Waals surface area contributed by atoms with E-state index in [9.17, 15) is 10.1 Å². The van der Waals surface area contributed by atoms with Crippen LogP contribution in [0.5, 0.6) is 0 Å². The van der Waals surface area contributed by atoms with Crippen molar-refractivity contribution in [2.75, 3.05) is 31.1 Å². The molecule has 20 heavy (non-hydrogen) atoms. The lowest BCUT2D eigenvalue weighted by molar-refractivity contribution is -0.384. The Kier molecular flexibility index (Phi) is 4.56. The Morgan fingerprint density at radius 2 is 2.35 bits per heavy atom. The largest absolute Gasteiger partial charge is 0.373 e. The van der Waals surface area contributed by atoms with Gasteiger partial charge in [0.2, 0.25) is 5.82 Å². The van der Waals surface area contributed by atoms with Crippen molar-refractivity contribution in [3.05, 3.63) is 15.8 Å². The topological polar surface area (TPSA) is 99.4 Å². The highest BCUT2D eigenvalue weighted by molar-refractivity contribution is 5.61. The van der Waals surface area contributed by atoms with Crippen molar-refractivity contribution in [2.45, 2.75) is 32.9 Å². The normalized spacial score (nSPS) is 19.4. The molecule has 1 aliphatic rings. The van der Waals surface area contributed by atoms with Crippen LogP contribution in [0.1, 0.15) is 19.0 Å². The standard InChI is InChI=1S/C12H21N5O3/c1-3-4-16-12(11(17(18)19)9(2)14-16)15-5-6-20-10(7-13)8-15/h10H,3-8,13H2,1-2H3. The zero-order valence-corrected chi connectivity index (χ0v) is 11.9. The third-order valence-electron chi connectivity index (χ3n) is 3.39. The molecule has 1 unspecified atom stereocenters. The first-order chi connectivity index (χ1) is 9.58. The van der Waals surface area contributed by atoms with Gasteiger partial charge in [0, 0.05) is 26.2 Å². The Balaban J connectivity index is 2.39. The van der Waals surface area contributed by atoms with E-state index in [1.807, 2.05) is 11.8 Å². The zero-order valence-electron chi connectivity index (χ0n) is 11.9. The molecule has 1 saturated heterocycles. The summed E-state index contributed by atoms with van der Waals surface area (Å²) >= 11 is 0. The van der Waals surface area contributed by atoms with Gasteiger partial charge in [-0.2, -0.15) is 5.10 Å². The van der Waals surface area contributed by atoms with Crippen LogP contribution in [0.2, 0.25) is 0 Å². The smallest absolute Gasteiger partial charge is 0.333 e. The van der Waals surface area contributed by atoms with E-state index in [1.165, 1.54) is 0 Å². The number of anilines is 1. The van der Waals surface area contributed by atoms with Crippen molar-refractivity contribution in [3.8, 4) is 0 Å². The summed E-state index contributed by atoms with van der Waals surface area (Å²) in [5, 5.41) is 15.6. The summed E-state index contributed by atoms with van der Waals surface area (Å²) in [6.07, 6.45) is 0.782. The summed E-state index contributed by atoms with van der Waals surface area (Å²) in [7, 11) is 0. The van der Waals surface area contributed by atoms with Crippen molar-refractivity contribution in [1.82, 2.24) is 9.78 Å². The minimum Gasteiger partial charge on any atom is -0.373 e. The maximum absolute atomic E-state index is 11.3. The molecule has 2 N–H and O–H groups in total. The van der Waals surface area contributed by atoms with Crippen LogP contribution in [-0.2, 0) is 11.3 Å². The van der Waals surface area contributed by atoms with E-state index in [0.29, 0.717) is 44.3 Å². The molecule has 2 heterocycles. The fourth-order valence-electron chi connectivity index (χ4n) is 2.51. The summed E-state index contributed by atoms with van der Waals surface area (Å²) in [4.78, 5) is 12.9. The lowest BCUT2D eigenvalue weighted by Crippen LogP contribution is -2.46. The third kappa shape index (κ3) is 2.75. The molecule has 1 fully saturated rings. The second-order valence-electron chi connectivity index (χ2n) is 4.91. The molecule has 1 atom stereocenters. The first kappa shape index (κ1) is 14.7. The summed E-state index contributed by atoms with van der Waals surface area (Å²) in [5.74, 6) is 0.580. The molecular weight excluding hydrogens is 262 g/mol. The van der Waals surface area contributed by atoms with E-state index < -0.39 is 0 Å². The molecule has 112 valence electrons. The second-order valence-corrected chi connectivity index (χ2v) is 4.91. The SMILES string of the molecule is CCCn1nc(C)c([N+](=O)[O-])c1N1CCOC(CN)C1. The van der Waals surface area contributed by atoms with Gasteiger partial charge in [0.25, 0.3) is 0 Å². The molecule has 2 rings (SSSR count). The van der Waals surface area contributed by atoms with Crippen molar-refractivity contribution in [1.29, 1.82) is 0 Å². The average molecular weight is 283 g/mol. The van der Waals surface area contributed by atoms with Gasteiger partial charge in [-0.3, -0.25) is 10.1 Å². The van der Waals surface area contributed by atoms with Gasteiger partial charge in [-0.05, 0) is 13.3 Å². The third-order valence-corrected chi connectivity index (χ3v) is 3.39. The molecule has 8 nitrogen and oxygen atoms in total. The molecule has 0 aliphatic carbocycles. The van der Waals surface area contributed by atoms with Crippen LogP contribution in [-0.4, -0.2) is 47.0 Å². The highest BCUT2D eigenvalue weighted by Crippen LogP contribution is 2.32. The Hall–Kier alpha value is -1.67. The quantitative estimate of drug-likeness (QED) is 0.630. The second kappa shape index (κ2) is 6.19.